The van der Waals surface area contributed by atoms with Gasteiger partial charge in [-0.05, 0) is 58.1 Å². The monoisotopic (exact) mass is 877 g/mol. The first-order valence-corrected chi connectivity index (χ1v) is 21.1. The van der Waals surface area contributed by atoms with Gasteiger partial charge in [-0.25, -0.2) is 0 Å². The van der Waals surface area contributed by atoms with Crippen LogP contribution in [0.5, 0.6) is 5.75 Å². The summed E-state index contributed by atoms with van der Waals surface area (Å²) in [6.45, 7) is -0.528. The number of carbonyl (C=O) groups is 5. The Bertz CT molecular complexity index is 2620. The SMILES string of the molecule is COC(=O)C(CC#Cc1ccc2c(c1)[C@]1(C(=O)N2)[C@H](c2cccc(OCCO)c2)N2[C@H](c3ccccc3)[C@H](c3ccccc3)OC(=O)[C@H]2[C@@H]1C(=O)NC[C@H](O)c1ccccc1)C(=O)OC. The minimum atomic E-state index is -1.90. The fourth-order valence-corrected chi connectivity index (χ4v) is 9.51. The predicted octanol–water partition coefficient (Wildman–Crippen LogP) is 4.88. The standard InChI is InChI=1S/C51H47N3O11/c1-62-47(58)37(48(59)63-2)23-12-14-31-24-25-39-38(28-31)51(50(61)53-39)41(46(57)52-30-40(56)32-15-6-3-7-16-32)43-49(60)65-44(34-19-10-5-11-20-34)42(33-17-8-4-9-18-33)54(43)45(51)35-21-13-22-36(29-35)64-27-26-55/h3-11,13,15-22,24-25,28-29,37,40-45,55-56H,23,26-27,30H2,1-2H3,(H,52,57)(H,53,61)/t40-,41+,42+,43+,44-,45-,51+/m0/s1. The topological polar surface area (TPSA) is 190 Å². The molecule has 7 atom stereocenters. The van der Waals surface area contributed by atoms with Gasteiger partial charge in [-0.15, -0.1) is 0 Å². The number of rotatable bonds is 13. The minimum absolute atomic E-state index is 0.0203. The van der Waals surface area contributed by atoms with Gasteiger partial charge in [0, 0.05) is 24.2 Å². The van der Waals surface area contributed by atoms with Crippen molar-refractivity contribution in [3.05, 3.63) is 167 Å². The molecule has 2 amide bonds. The van der Waals surface area contributed by atoms with Gasteiger partial charge in [0.2, 0.25) is 11.8 Å². The zero-order valence-corrected chi connectivity index (χ0v) is 35.6. The Morgan fingerprint density at radius 2 is 1.46 bits per heavy atom. The molecule has 2 saturated heterocycles. The van der Waals surface area contributed by atoms with Crippen LogP contribution in [0.1, 0.15) is 64.1 Å². The van der Waals surface area contributed by atoms with Crippen LogP contribution in [0.15, 0.2) is 133 Å². The molecule has 8 rings (SSSR count). The molecule has 2 fully saturated rings. The highest BCUT2D eigenvalue weighted by molar-refractivity contribution is 6.12. The summed E-state index contributed by atoms with van der Waals surface area (Å²) in [6, 6.07) is 36.3. The van der Waals surface area contributed by atoms with E-state index in [4.69, 9.17) is 18.9 Å². The van der Waals surface area contributed by atoms with Gasteiger partial charge in [0.25, 0.3) is 0 Å². The predicted molar refractivity (Wildman–Crippen MR) is 236 cm³/mol. The van der Waals surface area contributed by atoms with Gasteiger partial charge in [-0.2, -0.15) is 0 Å². The smallest absolute Gasteiger partial charge is 0.324 e. The first-order chi connectivity index (χ1) is 31.6. The highest BCUT2D eigenvalue weighted by atomic mass is 16.6. The number of anilines is 1. The summed E-state index contributed by atoms with van der Waals surface area (Å²) >= 11 is 0. The second-order valence-corrected chi connectivity index (χ2v) is 15.9. The number of nitrogens with zero attached hydrogens (tertiary/aromatic N) is 1. The lowest BCUT2D eigenvalue weighted by Gasteiger charge is -2.46. The molecule has 5 aromatic rings. The number of aliphatic hydroxyl groups excluding tert-OH is 2. The summed E-state index contributed by atoms with van der Waals surface area (Å²) in [4.78, 5) is 72.9. The zero-order valence-electron chi connectivity index (χ0n) is 35.6. The number of benzene rings is 5. The van der Waals surface area contributed by atoms with Crippen LogP contribution >= 0.6 is 0 Å². The van der Waals surface area contributed by atoms with Crippen LogP contribution in [-0.4, -0.2) is 84.9 Å². The lowest BCUT2D eigenvalue weighted by atomic mass is 9.65. The lowest BCUT2D eigenvalue weighted by Crippen LogP contribution is -2.55. The van der Waals surface area contributed by atoms with Crippen molar-refractivity contribution in [1.82, 2.24) is 10.2 Å². The van der Waals surface area contributed by atoms with Crippen LogP contribution in [0.3, 0.4) is 0 Å². The van der Waals surface area contributed by atoms with Crippen LogP contribution < -0.4 is 15.4 Å². The maximum atomic E-state index is 15.5. The van der Waals surface area contributed by atoms with Crippen LogP contribution in [0.2, 0.25) is 0 Å². The molecule has 0 radical (unpaired) electrons. The van der Waals surface area contributed by atoms with Crippen molar-refractivity contribution < 1.29 is 53.1 Å². The summed E-state index contributed by atoms with van der Waals surface area (Å²) in [7, 11) is 2.32. The minimum Gasteiger partial charge on any atom is -0.491 e. The molecule has 0 unspecified atom stereocenters. The van der Waals surface area contributed by atoms with Crippen molar-refractivity contribution in [3.63, 3.8) is 0 Å². The summed E-state index contributed by atoms with van der Waals surface area (Å²) < 4.78 is 22.0. The first kappa shape index (κ1) is 44.3. The first-order valence-electron chi connectivity index (χ1n) is 21.1. The molecule has 332 valence electrons. The van der Waals surface area contributed by atoms with Crippen molar-refractivity contribution >= 4 is 35.4 Å². The molecule has 14 heteroatoms. The largest absolute Gasteiger partial charge is 0.491 e. The molecule has 3 aliphatic heterocycles. The number of nitrogens with one attached hydrogen (secondary N) is 2. The average Bonchev–Trinajstić information content (AvgIpc) is 3.82. The number of methoxy groups -OCH3 is 2. The number of cyclic esters (lactones) is 1. The van der Waals surface area contributed by atoms with Crippen LogP contribution in [0.25, 0.3) is 0 Å². The number of carbonyl (C=O) groups excluding carboxylic acids is 5. The van der Waals surface area contributed by atoms with E-state index < -0.39 is 77.3 Å². The summed E-state index contributed by atoms with van der Waals surface area (Å²) in [5.41, 5.74) is 1.70. The lowest BCUT2D eigenvalue weighted by molar-refractivity contribution is -0.178. The summed E-state index contributed by atoms with van der Waals surface area (Å²) in [6.07, 6.45) is -2.28. The number of hydrogen-bond acceptors (Lipinski definition) is 12. The Morgan fingerprint density at radius 3 is 2.12 bits per heavy atom. The van der Waals surface area contributed by atoms with Crippen molar-refractivity contribution in [2.45, 2.75) is 42.2 Å². The highest BCUT2D eigenvalue weighted by Crippen LogP contribution is 2.65. The number of morpholine rings is 1. The molecule has 3 heterocycles. The Kier molecular flexibility index (Phi) is 13.1. The van der Waals surface area contributed by atoms with Crippen LogP contribution in [0, 0.1) is 23.7 Å². The molecule has 0 saturated carbocycles. The van der Waals surface area contributed by atoms with Gasteiger partial charge in [-0.1, -0.05) is 115 Å². The van der Waals surface area contributed by atoms with Crippen molar-refractivity contribution in [3.8, 4) is 17.6 Å². The molecule has 0 bridgehead atoms. The molecular weight excluding hydrogens is 831 g/mol. The molecular formula is C51H47N3O11. The number of amides is 2. The van der Waals surface area contributed by atoms with Crippen molar-refractivity contribution in [2.24, 2.45) is 11.8 Å². The Labute approximate surface area is 375 Å². The molecule has 3 aliphatic rings. The Morgan fingerprint density at radius 1 is 0.815 bits per heavy atom. The molecule has 4 N–H and O–H groups in total. The molecule has 5 aromatic carbocycles. The van der Waals surface area contributed by atoms with E-state index in [0.717, 1.165) is 19.8 Å². The normalized spacial score (nSPS) is 22.4. The number of ether oxygens (including phenoxy) is 4. The third-order valence-corrected chi connectivity index (χ3v) is 12.3. The highest BCUT2D eigenvalue weighted by Gasteiger charge is 2.74. The van der Waals surface area contributed by atoms with E-state index in [2.05, 4.69) is 22.5 Å². The second kappa shape index (κ2) is 19.2. The summed E-state index contributed by atoms with van der Waals surface area (Å²) in [5.74, 6) is -0.141. The molecule has 0 aromatic heterocycles. The maximum absolute atomic E-state index is 15.5. The quantitative estimate of drug-likeness (QED) is 0.0544. The zero-order chi connectivity index (χ0) is 45.7. The molecule has 1 spiro atoms. The van der Waals surface area contributed by atoms with Crippen LogP contribution in [-0.2, 0) is 43.6 Å². The second-order valence-electron chi connectivity index (χ2n) is 15.9. The van der Waals surface area contributed by atoms with Gasteiger partial charge in [0.05, 0.1) is 44.9 Å². The molecule has 14 nitrogen and oxygen atoms in total. The van der Waals surface area contributed by atoms with E-state index in [1.807, 2.05) is 77.7 Å². The number of hydrogen-bond donors (Lipinski definition) is 4. The number of fused-ring (bicyclic) bond motifs is 3. The van der Waals surface area contributed by atoms with E-state index in [9.17, 15) is 19.8 Å². The third-order valence-electron chi connectivity index (χ3n) is 12.3. The third kappa shape index (κ3) is 8.33. The van der Waals surface area contributed by atoms with Gasteiger partial charge in [0.15, 0.2) is 5.92 Å². The van der Waals surface area contributed by atoms with Gasteiger partial charge in [-0.3, -0.25) is 28.9 Å². The van der Waals surface area contributed by atoms with Gasteiger partial charge >= 0.3 is 17.9 Å². The summed E-state index contributed by atoms with van der Waals surface area (Å²) in [5, 5.41) is 27.0. The van der Waals surface area contributed by atoms with E-state index in [0.29, 0.717) is 39.3 Å². The van der Waals surface area contributed by atoms with E-state index in [-0.39, 0.29) is 26.2 Å². The fourth-order valence-electron chi connectivity index (χ4n) is 9.51. The maximum Gasteiger partial charge on any atom is 0.324 e. The Hall–Kier alpha value is -7.31. The fraction of sp³-hybridized carbons (Fsp3) is 0.275. The van der Waals surface area contributed by atoms with E-state index in [1.165, 1.54) is 0 Å². The molecule has 0 aliphatic carbocycles. The molecule has 65 heavy (non-hydrogen) atoms. The Balaban J connectivity index is 1.36. The van der Waals surface area contributed by atoms with Crippen LogP contribution in [0.4, 0.5) is 5.69 Å². The van der Waals surface area contributed by atoms with E-state index in [1.54, 1.807) is 60.7 Å². The van der Waals surface area contributed by atoms with Crippen molar-refractivity contribution in [2.75, 3.05) is 39.3 Å². The van der Waals surface area contributed by atoms with Crippen molar-refractivity contribution in [1.29, 1.82) is 0 Å². The number of esters is 3. The average molecular weight is 878 g/mol. The van der Waals surface area contributed by atoms with Gasteiger partial charge in [0.1, 0.15) is 29.9 Å². The number of aliphatic hydroxyl groups is 2. The van der Waals surface area contributed by atoms with Gasteiger partial charge < -0.3 is 39.8 Å². The van der Waals surface area contributed by atoms with E-state index >= 15 is 14.4 Å².